The van der Waals surface area contributed by atoms with E-state index in [1.807, 2.05) is 0 Å². The molecule has 0 radical (unpaired) electrons. The molecule has 0 fully saturated rings. The molecule has 1 rings (SSSR count). The molecular weight excluding hydrogens is 277 g/mol. The highest BCUT2D eigenvalue weighted by Crippen LogP contribution is 2.21. The van der Waals surface area contributed by atoms with E-state index < -0.39 is 29.3 Å². The number of amides is 1. The highest BCUT2D eigenvalue weighted by Gasteiger charge is 2.25. The summed E-state index contributed by atoms with van der Waals surface area (Å²) < 4.78 is 23.9. The van der Waals surface area contributed by atoms with Crippen molar-refractivity contribution in [3.8, 4) is 5.75 Å². The van der Waals surface area contributed by atoms with Gasteiger partial charge in [0.1, 0.15) is 28.8 Å². The van der Waals surface area contributed by atoms with Crippen LogP contribution in [0.15, 0.2) is 18.2 Å². The number of hydrogen-bond acceptors (Lipinski definition) is 4. The molecule has 0 unspecified atom stereocenters. The van der Waals surface area contributed by atoms with Gasteiger partial charge in [0, 0.05) is 0 Å². The van der Waals surface area contributed by atoms with E-state index in [1.54, 1.807) is 20.8 Å². The highest BCUT2D eigenvalue weighted by atomic mass is 19.1. The summed E-state index contributed by atoms with van der Waals surface area (Å²) in [6.07, 6.45) is 0. The molecule has 0 spiro atoms. The maximum atomic E-state index is 13.8. The van der Waals surface area contributed by atoms with E-state index in [0.29, 0.717) is 0 Å². The van der Waals surface area contributed by atoms with Crippen LogP contribution in [0.4, 0.5) is 4.39 Å². The van der Waals surface area contributed by atoms with Crippen LogP contribution in [0.3, 0.4) is 0 Å². The molecular formula is C15H20FNO4. The zero-order valence-electron chi connectivity index (χ0n) is 12.8. The Morgan fingerprint density at radius 3 is 2.43 bits per heavy atom. The minimum Gasteiger partial charge on any atom is -0.496 e. The molecule has 5 nitrogen and oxygen atoms in total. The van der Waals surface area contributed by atoms with Crippen LogP contribution in [0, 0.1) is 5.82 Å². The monoisotopic (exact) mass is 297 g/mol. The summed E-state index contributed by atoms with van der Waals surface area (Å²) in [5, 5.41) is 2.40. The van der Waals surface area contributed by atoms with Gasteiger partial charge >= 0.3 is 5.97 Å². The predicted molar refractivity (Wildman–Crippen MR) is 75.7 cm³/mol. The minimum absolute atomic E-state index is 0.101. The van der Waals surface area contributed by atoms with Crippen LogP contribution in [0.25, 0.3) is 0 Å². The third-order valence-corrected chi connectivity index (χ3v) is 2.53. The number of carbonyl (C=O) groups excluding carboxylic acids is 2. The second-order valence-electron chi connectivity index (χ2n) is 5.55. The van der Waals surface area contributed by atoms with Crippen molar-refractivity contribution in [2.75, 3.05) is 7.11 Å². The Kier molecular flexibility index (Phi) is 5.29. The molecule has 0 aliphatic heterocycles. The predicted octanol–water partition coefficient (Wildman–Crippen LogP) is 2.29. The van der Waals surface area contributed by atoms with Gasteiger partial charge in [0.05, 0.1) is 7.11 Å². The van der Waals surface area contributed by atoms with Gasteiger partial charge in [-0.3, -0.25) is 4.79 Å². The Morgan fingerprint density at radius 1 is 1.29 bits per heavy atom. The zero-order valence-corrected chi connectivity index (χ0v) is 12.8. The normalized spacial score (nSPS) is 12.5. The molecule has 0 aromatic heterocycles. The van der Waals surface area contributed by atoms with E-state index in [4.69, 9.17) is 9.47 Å². The van der Waals surface area contributed by atoms with Crippen molar-refractivity contribution in [1.82, 2.24) is 5.32 Å². The molecule has 0 aliphatic rings. The van der Waals surface area contributed by atoms with Crippen LogP contribution in [0.1, 0.15) is 38.1 Å². The van der Waals surface area contributed by atoms with E-state index in [-0.39, 0.29) is 11.3 Å². The summed E-state index contributed by atoms with van der Waals surface area (Å²) in [6, 6.07) is 3.15. The van der Waals surface area contributed by atoms with Crippen LogP contribution in [-0.4, -0.2) is 30.6 Å². The SMILES string of the molecule is COc1cccc(F)c1C(=O)N[C@H](C)C(=O)OC(C)(C)C. The van der Waals surface area contributed by atoms with E-state index in [0.717, 1.165) is 6.07 Å². The number of methoxy groups -OCH3 is 1. The Balaban J connectivity index is 2.85. The minimum atomic E-state index is -0.902. The Labute approximate surface area is 123 Å². The topological polar surface area (TPSA) is 64.6 Å². The summed E-state index contributed by atoms with van der Waals surface area (Å²) in [5.41, 5.74) is -0.901. The quantitative estimate of drug-likeness (QED) is 0.866. The second kappa shape index (κ2) is 6.56. The maximum Gasteiger partial charge on any atom is 0.328 e. The van der Waals surface area contributed by atoms with Crippen molar-refractivity contribution >= 4 is 11.9 Å². The largest absolute Gasteiger partial charge is 0.496 e. The molecule has 1 amide bonds. The first-order chi connectivity index (χ1) is 9.65. The molecule has 116 valence electrons. The fourth-order valence-corrected chi connectivity index (χ4v) is 1.61. The number of halogens is 1. The summed E-state index contributed by atoms with van der Waals surface area (Å²) in [4.78, 5) is 23.9. The van der Waals surface area contributed by atoms with Gasteiger partial charge in [-0.15, -0.1) is 0 Å². The third kappa shape index (κ3) is 4.73. The molecule has 1 aromatic carbocycles. The number of ether oxygens (including phenoxy) is 2. The first-order valence-electron chi connectivity index (χ1n) is 6.52. The molecule has 1 atom stereocenters. The van der Waals surface area contributed by atoms with E-state index >= 15 is 0 Å². The number of esters is 1. The molecule has 21 heavy (non-hydrogen) atoms. The van der Waals surface area contributed by atoms with Crippen molar-refractivity contribution in [2.24, 2.45) is 0 Å². The van der Waals surface area contributed by atoms with Gasteiger partial charge in [0.25, 0.3) is 5.91 Å². The van der Waals surface area contributed by atoms with E-state index in [9.17, 15) is 14.0 Å². The Morgan fingerprint density at radius 2 is 1.90 bits per heavy atom. The van der Waals surface area contributed by atoms with Crippen LogP contribution in [0.5, 0.6) is 5.75 Å². The summed E-state index contributed by atoms with van der Waals surface area (Å²) >= 11 is 0. The number of nitrogens with one attached hydrogen (secondary N) is 1. The first-order valence-corrected chi connectivity index (χ1v) is 6.52. The van der Waals surface area contributed by atoms with Gasteiger partial charge in [-0.25, -0.2) is 9.18 Å². The molecule has 0 saturated heterocycles. The Hall–Kier alpha value is -2.11. The molecule has 0 saturated carbocycles. The lowest BCUT2D eigenvalue weighted by molar-refractivity contribution is -0.156. The number of hydrogen-bond donors (Lipinski definition) is 1. The van der Waals surface area contributed by atoms with Gasteiger partial charge in [-0.05, 0) is 39.8 Å². The smallest absolute Gasteiger partial charge is 0.328 e. The number of carbonyl (C=O) groups is 2. The van der Waals surface area contributed by atoms with Crippen molar-refractivity contribution in [2.45, 2.75) is 39.3 Å². The Bertz CT molecular complexity index is 537. The van der Waals surface area contributed by atoms with Gasteiger partial charge in [0.2, 0.25) is 0 Å². The van der Waals surface area contributed by atoms with Crippen LogP contribution < -0.4 is 10.1 Å². The fraction of sp³-hybridized carbons (Fsp3) is 0.467. The van der Waals surface area contributed by atoms with Crippen molar-refractivity contribution in [3.63, 3.8) is 0 Å². The maximum absolute atomic E-state index is 13.8. The molecule has 1 aromatic rings. The molecule has 0 aliphatic carbocycles. The van der Waals surface area contributed by atoms with Gasteiger partial charge < -0.3 is 14.8 Å². The lowest BCUT2D eigenvalue weighted by atomic mass is 10.1. The average Bonchev–Trinajstić information content (AvgIpc) is 2.35. The zero-order chi connectivity index (χ0) is 16.2. The molecule has 6 heteroatoms. The summed E-state index contributed by atoms with van der Waals surface area (Å²) in [5.74, 6) is -1.94. The number of benzene rings is 1. The summed E-state index contributed by atoms with van der Waals surface area (Å²) in [7, 11) is 1.34. The van der Waals surface area contributed by atoms with Crippen molar-refractivity contribution in [3.05, 3.63) is 29.6 Å². The van der Waals surface area contributed by atoms with Crippen LogP contribution in [0.2, 0.25) is 0 Å². The lowest BCUT2D eigenvalue weighted by Crippen LogP contribution is -2.42. The van der Waals surface area contributed by atoms with Crippen LogP contribution >= 0.6 is 0 Å². The van der Waals surface area contributed by atoms with E-state index in [2.05, 4.69) is 5.32 Å². The molecule has 0 bridgehead atoms. The molecule has 1 N–H and O–H groups in total. The highest BCUT2D eigenvalue weighted by molar-refractivity contribution is 5.99. The van der Waals surface area contributed by atoms with Crippen molar-refractivity contribution in [1.29, 1.82) is 0 Å². The second-order valence-corrected chi connectivity index (χ2v) is 5.55. The van der Waals surface area contributed by atoms with Crippen LogP contribution in [-0.2, 0) is 9.53 Å². The van der Waals surface area contributed by atoms with Gasteiger partial charge in [-0.2, -0.15) is 0 Å². The van der Waals surface area contributed by atoms with Gasteiger partial charge in [-0.1, -0.05) is 6.07 Å². The lowest BCUT2D eigenvalue weighted by Gasteiger charge is -2.22. The first kappa shape index (κ1) is 16.9. The molecule has 0 heterocycles. The van der Waals surface area contributed by atoms with E-state index in [1.165, 1.54) is 26.2 Å². The third-order valence-electron chi connectivity index (χ3n) is 2.53. The fourth-order valence-electron chi connectivity index (χ4n) is 1.61. The average molecular weight is 297 g/mol. The van der Waals surface area contributed by atoms with Crippen molar-refractivity contribution < 1.29 is 23.5 Å². The number of rotatable bonds is 4. The van der Waals surface area contributed by atoms with Gasteiger partial charge in [0.15, 0.2) is 0 Å². The summed E-state index contributed by atoms with van der Waals surface area (Å²) in [6.45, 7) is 6.64. The standard InChI is InChI=1S/C15H20FNO4/c1-9(14(19)21-15(2,3)4)17-13(18)12-10(16)7-6-8-11(12)20-5/h6-9H,1-5H3,(H,17,18)/t9-/m1/s1.